The van der Waals surface area contributed by atoms with Gasteiger partial charge in [0.05, 0.1) is 17.3 Å². The highest BCUT2D eigenvalue weighted by Gasteiger charge is 2.14. The van der Waals surface area contributed by atoms with Crippen molar-refractivity contribution >= 4 is 9.84 Å². The van der Waals surface area contributed by atoms with Crippen LogP contribution in [0.5, 0.6) is 0 Å². The van der Waals surface area contributed by atoms with Gasteiger partial charge in [0.2, 0.25) is 0 Å². The molecule has 2 aromatic rings. The van der Waals surface area contributed by atoms with Crippen LogP contribution in [-0.2, 0) is 22.2 Å². The van der Waals surface area contributed by atoms with Gasteiger partial charge in [-0.1, -0.05) is 42.5 Å². The van der Waals surface area contributed by atoms with Crippen LogP contribution in [0.4, 0.5) is 0 Å². The summed E-state index contributed by atoms with van der Waals surface area (Å²) in [6, 6.07) is 15.4. The van der Waals surface area contributed by atoms with E-state index < -0.39 is 9.84 Å². The minimum absolute atomic E-state index is 0.00763. The van der Waals surface area contributed by atoms with E-state index in [2.05, 4.69) is 0 Å². The van der Waals surface area contributed by atoms with Gasteiger partial charge in [-0.2, -0.15) is 0 Å². The molecule has 2 rings (SSSR count). The Morgan fingerprint density at radius 1 is 0.833 bits per heavy atom. The first kappa shape index (κ1) is 12.8. The van der Waals surface area contributed by atoms with Crippen LogP contribution in [0, 0.1) is 0 Å². The summed E-state index contributed by atoms with van der Waals surface area (Å²) in [6.45, 7) is -0.0843. The van der Waals surface area contributed by atoms with Crippen LogP contribution in [0.15, 0.2) is 59.5 Å². The van der Waals surface area contributed by atoms with E-state index in [0.29, 0.717) is 5.56 Å². The zero-order valence-corrected chi connectivity index (χ0v) is 10.6. The zero-order valence-electron chi connectivity index (χ0n) is 9.78. The molecule has 0 unspecified atom stereocenters. The fourth-order valence-corrected chi connectivity index (χ4v) is 3.03. The molecule has 0 aliphatic heterocycles. The fraction of sp³-hybridized carbons (Fsp3) is 0.143. The van der Waals surface area contributed by atoms with Crippen molar-refractivity contribution in [1.82, 2.24) is 0 Å². The molecule has 4 heteroatoms. The number of aliphatic hydroxyl groups excluding tert-OH is 1. The number of hydrogen-bond acceptors (Lipinski definition) is 3. The summed E-state index contributed by atoms with van der Waals surface area (Å²) >= 11 is 0. The highest BCUT2D eigenvalue weighted by atomic mass is 32.2. The van der Waals surface area contributed by atoms with E-state index in [1.807, 2.05) is 18.2 Å². The van der Waals surface area contributed by atoms with Crippen LogP contribution in [0.1, 0.15) is 11.1 Å². The van der Waals surface area contributed by atoms with E-state index in [-0.39, 0.29) is 17.3 Å². The van der Waals surface area contributed by atoms with Gasteiger partial charge in [0.15, 0.2) is 9.84 Å². The van der Waals surface area contributed by atoms with Crippen molar-refractivity contribution in [2.24, 2.45) is 0 Å². The maximum Gasteiger partial charge on any atom is 0.182 e. The van der Waals surface area contributed by atoms with Crippen molar-refractivity contribution in [2.45, 2.75) is 17.3 Å². The monoisotopic (exact) mass is 262 g/mol. The van der Waals surface area contributed by atoms with Gasteiger partial charge in [0.1, 0.15) is 0 Å². The molecule has 18 heavy (non-hydrogen) atoms. The predicted octanol–water partition coefficient (Wildman–Crippen LogP) is 2.15. The largest absolute Gasteiger partial charge is 0.392 e. The molecule has 0 saturated heterocycles. The van der Waals surface area contributed by atoms with E-state index >= 15 is 0 Å². The van der Waals surface area contributed by atoms with Crippen molar-refractivity contribution in [3.63, 3.8) is 0 Å². The summed E-state index contributed by atoms with van der Waals surface area (Å²) in [4.78, 5) is 0.281. The third-order valence-electron chi connectivity index (χ3n) is 2.66. The molecule has 0 bridgehead atoms. The van der Waals surface area contributed by atoms with Crippen LogP contribution >= 0.6 is 0 Å². The molecule has 0 aliphatic rings. The van der Waals surface area contributed by atoms with Crippen LogP contribution < -0.4 is 0 Å². The number of hydrogen-bond donors (Lipinski definition) is 1. The Morgan fingerprint density at radius 2 is 1.44 bits per heavy atom. The second-order valence-corrected chi connectivity index (χ2v) is 6.04. The van der Waals surface area contributed by atoms with Gasteiger partial charge in [-0.15, -0.1) is 0 Å². The maximum atomic E-state index is 12.1. The minimum Gasteiger partial charge on any atom is -0.392 e. The molecule has 0 saturated carbocycles. The number of sulfone groups is 1. The highest BCUT2D eigenvalue weighted by molar-refractivity contribution is 7.90. The van der Waals surface area contributed by atoms with Gasteiger partial charge in [-0.05, 0) is 23.3 Å². The number of benzene rings is 2. The van der Waals surface area contributed by atoms with Gasteiger partial charge in [-0.3, -0.25) is 0 Å². The molecule has 1 N–H and O–H groups in total. The van der Waals surface area contributed by atoms with Gasteiger partial charge < -0.3 is 5.11 Å². The molecule has 0 amide bonds. The summed E-state index contributed by atoms with van der Waals surface area (Å²) in [7, 11) is -3.32. The molecular weight excluding hydrogens is 248 g/mol. The first-order valence-corrected chi connectivity index (χ1v) is 7.23. The molecule has 94 valence electrons. The molecule has 0 fully saturated rings. The van der Waals surface area contributed by atoms with Crippen LogP contribution in [0.2, 0.25) is 0 Å². The molecule has 0 radical (unpaired) electrons. The summed E-state index contributed by atoms with van der Waals surface area (Å²) in [5, 5.41) is 8.92. The summed E-state index contributed by atoms with van der Waals surface area (Å²) in [5.74, 6) is -0.00763. The zero-order chi connectivity index (χ0) is 13.0. The van der Waals surface area contributed by atoms with Crippen molar-refractivity contribution in [3.05, 3.63) is 65.7 Å². The molecule has 2 aromatic carbocycles. The SMILES string of the molecule is O=S(=O)(Cc1ccccc1)c1ccc(CO)cc1. The smallest absolute Gasteiger partial charge is 0.182 e. The van der Waals surface area contributed by atoms with E-state index in [1.54, 1.807) is 24.3 Å². The van der Waals surface area contributed by atoms with E-state index in [9.17, 15) is 8.42 Å². The van der Waals surface area contributed by atoms with Crippen molar-refractivity contribution in [3.8, 4) is 0 Å². The van der Waals surface area contributed by atoms with Gasteiger partial charge >= 0.3 is 0 Å². The van der Waals surface area contributed by atoms with E-state index in [0.717, 1.165) is 5.56 Å². The lowest BCUT2D eigenvalue weighted by molar-refractivity contribution is 0.282. The van der Waals surface area contributed by atoms with E-state index in [1.165, 1.54) is 12.1 Å². The molecular formula is C14H14O3S. The molecule has 0 heterocycles. The molecule has 3 nitrogen and oxygen atoms in total. The first-order valence-electron chi connectivity index (χ1n) is 5.58. The average Bonchev–Trinajstić information content (AvgIpc) is 2.39. The summed E-state index contributed by atoms with van der Waals surface area (Å²) < 4.78 is 24.3. The van der Waals surface area contributed by atoms with Crippen molar-refractivity contribution < 1.29 is 13.5 Å². The summed E-state index contributed by atoms with van der Waals surface area (Å²) in [6.07, 6.45) is 0. The lowest BCUT2D eigenvalue weighted by atomic mass is 10.2. The predicted molar refractivity (Wildman–Crippen MR) is 69.7 cm³/mol. The second-order valence-electron chi connectivity index (χ2n) is 4.05. The Hall–Kier alpha value is -1.65. The Labute approximate surface area is 107 Å². The Bertz CT molecular complexity index is 601. The highest BCUT2D eigenvalue weighted by Crippen LogP contribution is 2.17. The van der Waals surface area contributed by atoms with Crippen LogP contribution in [0.3, 0.4) is 0 Å². The molecule has 0 aliphatic carbocycles. The third kappa shape index (κ3) is 2.97. The first-order chi connectivity index (χ1) is 8.62. The number of rotatable bonds is 4. The maximum absolute atomic E-state index is 12.1. The van der Waals surface area contributed by atoms with Gasteiger partial charge in [0.25, 0.3) is 0 Å². The summed E-state index contributed by atoms with van der Waals surface area (Å²) in [5.41, 5.74) is 1.47. The molecule has 0 atom stereocenters. The van der Waals surface area contributed by atoms with E-state index in [4.69, 9.17) is 5.11 Å². The third-order valence-corrected chi connectivity index (χ3v) is 4.37. The second kappa shape index (κ2) is 5.33. The Kier molecular flexibility index (Phi) is 3.79. The van der Waals surface area contributed by atoms with Crippen molar-refractivity contribution in [1.29, 1.82) is 0 Å². The number of aliphatic hydroxyl groups is 1. The Morgan fingerprint density at radius 3 is 2.00 bits per heavy atom. The topological polar surface area (TPSA) is 54.4 Å². The van der Waals surface area contributed by atoms with Crippen LogP contribution in [-0.4, -0.2) is 13.5 Å². The molecule has 0 aromatic heterocycles. The van der Waals surface area contributed by atoms with Gasteiger partial charge in [-0.25, -0.2) is 8.42 Å². The average molecular weight is 262 g/mol. The standard InChI is InChI=1S/C14H14O3S/c15-10-12-6-8-14(9-7-12)18(16,17)11-13-4-2-1-3-5-13/h1-9,15H,10-11H2. The van der Waals surface area contributed by atoms with Crippen molar-refractivity contribution in [2.75, 3.05) is 0 Å². The Balaban J connectivity index is 2.25. The lowest BCUT2D eigenvalue weighted by Gasteiger charge is -2.05. The van der Waals surface area contributed by atoms with Crippen LogP contribution in [0.25, 0.3) is 0 Å². The quantitative estimate of drug-likeness (QED) is 0.918. The minimum atomic E-state index is -3.32. The lowest BCUT2D eigenvalue weighted by Crippen LogP contribution is -2.05. The fourth-order valence-electron chi connectivity index (χ4n) is 1.68. The van der Waals surface area contributed by atoms with Gasteiger partial charge in [0, 0.05) is 0 Å². The molecule has 0 spiro atoms. The normalized spacial score (nSPS) is 11.4.